The Morgan fingerprint density at radius 3 is 2.50 bits per heavy atom. The highest BCUT2D eigenvalue weighted by molar-refractivity contribution is 5.93. The van der Waals surface area contributed by atoms with Gasteiger partial charge in [0, 0.05) is 6.04 Å². The van der Waals surface area contributed by atoms with Crippen LogP contribution in [0, 0.1) is 21.8 Å². The van der Waals surface area contributed by atoms with E-state index in [9.17, 15) is 19.3 Å². The molecule has 1 atom stereocenters. The highest BCUT2D eigenvalue weighted by Gasteiger charge is 2.24. The number of nitro benzene ring substituents is 1. The van der Waals surface area contributed by atoms with E-state index >= 15 is 0 Å². The van der Waals surface area contributed by atoms with E-state index in [4.69, 9.17) is 5.11 Å². The van der Waals surface area contributed by atoms with Crippen LogP contribution in [0.5, 0.6) is 0 Å². The predicted molar refractivity (Wildman–Crippen MR) is 72.6 cm³/mol. The first-order valence-corrected chi connectivity index (χ1v) is 6.25. The molecule has 0 spiro atoms. The van der Waals surface area contributed by atoms with Gasteiger partial charge in [0.15, 0.2) is 5.82 Å². The first-order chi connectivity index (χ1) is 9.27. The van der Waals surface area contributed by atoms with Crippen molar-refractivity contribution in [2.45, 2.75) is 33.2 Å². The molecule has 7 heteroatoms. The lowest BCUT2D eigenvalue weighted by molar-refractivity contribution is -0.385. The molecule has 20 heavy (non-hydrogen) atoms. The lowest BCUT2D eigenvalue weighted by Gasteiger charge is -2.22. The van der Waals surface area contributed by atoms with Crippen LogP contribution in [0.3, 0.4) is 0 Å². The number of hydrogen-bond acceptors (Lipinski definition) is 4. The topological polar surface area (TPSA) is 92.5 Å². The third-order valence-electron chi connectivity index (χ3n) is 3.10. The second-order valence-electron chi connectivity index (χ2n) is 4.81. The van der Waals surface area contributed by atoms with Crippen LogP contribution in [0.25, 0.3) is 0 Å². The van der Waals surface area contributed by atoms with E-state index in [1.165, 1.54) is 0 Å². The number of hydrogen-bond donors (Lipinski definition) is 2. The fraction of sp³-hybridized carbons (Fsp3) is 0.462. The Labute approximate surface area is 115 Å². The second kappa shape index (κ2) is 6.31. The minimum absolute atomic E-state index is 0.0337. The molecule has 0 aliphatic rings. The van der Waals surface area contributed by atoms with Gasteiger partial charge >= 0.3 is 5.97 Å². The average molecular weight is 284 g/mol. The van der Waals surface area contributed by atoms with Crippen LogP contribution in [0.4, 0.5) is 15.8 Å². The zero-order valence-corrected chi connectivity index (χ0v) is 11.5. The molecule has 0 fully saturated rings. The molecule has 0 aromatic heterocycles. The molecule has 1 aromatic rings. The van der Waals surface area contributed by atoms with Gasteiger partial charge in [-0.25, -0.2) is 9.18 Å². The SMILES string of the molecule is CCC(Nc1cc(C(=O)O)c([N+](=O)[O-])cc1F)C(C)C. The number of carboxylic acids is 1. The van der Waals surface area contributed by atoms with Crippen molar-refractivity contribution in [1.82, 2.24) is 0 Å². The number of anilines is 1. The maximum absolute atomic E-state index is 13.9. The van der Waals surface area contributed by atoms with E-state index in [1.807, 2.05) is 20.8 Å². The molecule has 0 amide bonds. The van der Waals surface area contributed by atoms with Gasteiger partial charge in [0.25, 0.3) is 5.69 Å². The molecular weight excluding hydrogens is 267 g/mol. The molecule has 0 radical (unpaired) electrons. The minimum atomic E-state index is -1.46. The number of halogens is 1. The summed E-state index contributed by atoms with van der Waals surface area (Å²) >= 11 is 0. The number of nitrogens with one attached hydrogen (secondary N) is 1. The molecule has 0 aliphatic heterocycles. The van der Waals surface area contributed by atoms with Gasteiger partial charge in [-0.3, -0.25) is 10.1 Å². The molecule has 1 unspecified atom stereocenters. The number of benzene rings is 1. The summed E-state index contributed by atoms with van der Waals surface area (Å²) in [4.78, 5) is 20.8. The van der Waals surface area contributed by atoms with Crippen molar-refractivity contribution in [2.24, 2.45) is 5.92 Å². The van der Waals surface area contributed by atoms with E-state index < -0.39 is 28.0 Å². The summed E-state index contributed by atoms with van der Waals surface area (Å²) < 4.78 is 13.9. The van der Waals surface area contributed by atoms with Gasteiger partial charge in [-0.2, -0.15) is 0 Å². The van der Waals surface area contributed by atoms with Gasteiger partial charge < -0.3 is 10.4 Å². The number of carbonyl (C=O) groups is 1. The Bertz CT molecular complexity index is 531. The first kappa shape index (κ1) is 15.9. The van der Waals surface area contributed by atoms with E-state index in [2.05, 4.69) is 5.32 Å². The Balaban J connectivity index is 3.25. The van der Waals surface area contributed by atoms with Crippen LogP contribution in [0.2, 0.25) is 0 Å². The van der Waals surface area contributed by atoms with Gasteiger partial charge in [0.1, 0.15) is 5.56 Å². The molecule has 110 valence electrons. The largest absolute Gasteiger partial charge is 0.477 e. The molecule has 2 N–H and O–H groups in total. The van der Waals surface area contributed by atoms with Crippen molar-refractivity contribution in [3.05, 3.63) is 33.6 Å². The average Bonchev–Trinajstić information content (AvgIpc) is 2.35. The van der Waals surface area contributed by atoms with E-state index in [-0.39, 0.29) is 17.6 Å². The monoisotopic (exact) mass is 284 g/mol. The standard InChI is InChI=1S/C13H17FN2O4/c1-4-10(7(2)3)15-11-5-8(13(17)18)12(16(19)20)6-9(11)14/h5-7,10,15H,4H2,1-3H3,(H,17,18). The molecule has 0 aliphatic carbocycles. The van der Waals surface area contributed by atoms with Crippen LogP contribution in [0.15, 0.2) is 12.1 Å². The van der Waals surface area contributed by atoms with Crippen molar-refractivity contribution in [2.75, 3.05) is 5.32 Å². The number of nitro groups is 1. The molecule has 0 heterocycles. The van der Waals surface area contributed by atoms with E-state index in [0.29, 0.717) is 6.07 Å². The molecule has 1 aromatic carbocycles. The van der Waals surface area contributed by atoms with Crippen molar-refractivity contribution < 1.29 is 19.2 Å². The molecule has 1 rings (SSSR count). The van der Waals surface area contributed by atoms with E-state index in [0.717, 1.165) is 12.5 Å². The van der Waals surface area contributed by atoms with Gasteiger partial charge in [0.05, 0.1) is 16.7 Å². The highest BCUT2D eigenvalue weighted by atomic mass is 19.1. The third kappa shape index (κ3) is 3.43. The maximum atomic E-state index is 13.9. The number of rotatable bonds is 6. The summed E-state index contributed by atoms with van der Waals surface area (Å²) in [6.45, 7) is 5.81. The molecule has 0 saturated carbocycles. The fourth-order valence-corrected chi connectivity index (χ4v) is 1.94. The number of aromatic carboxylic acids is 1. The number of nitrogens with zero attached hydrogens (tertiary/aromatic N) is 1. The zero-order chi connectivity index (χ0) is 15.4. The minimum Gasteiger partial charge on any atom is -0.477 e. The summed E-state index contributed by atoms with van der Waals surface area (Å²) in [7, 11) is 0. The lowest BCUT2D eigenvalue weighted by atomic mass is 10.0. The van der Waals surface area contributed by atoms with Crippen molar-refractivity contribution in [3.8, 4) is 0 Å². The first-order valence-electron chi connectivity index (χ1n) is 6.25. The summed E-state index contributed by atoms with van der Waals surface area (Å²) in [5.74, 6) is -2.08. The predicted octanol–water partition coefficient (Wildman–Crippen LogP) is 3.28. The zero-order valence-electron chi connectivity index (χ0n) is 11.5. The van der Waals surface area contributed by atoms with Crippen LogP contribution >= 0.6 is 0 Å². The Kier molecular flexibility index (Phi) is 5.01. The van der Waals surface area contributed by atoms with Crippen LogP contribution in [-0.2, 0) is 0 Å². The quantitative estimate of drug-likeness (QED) is 0.617. The summed E-state index contributed by atoms with van der Waals surface area (Å²) in [5.41, 5.74) is -1.32. The van der Waals surface area contributed by atoms with Crippen molar-refractivity contribution in [3.63, 3.8) is 0 Å². The third-order valence-corrected chi connectivity index (χ3v) is 3.10. The summed E-state index contributed by atoms with van der Waals surface area (Å²) in [6, 6.07) is 1.56. The normalized spacial score (nSPS) is 12.2. The van der Waals surface area contributed by atoms with Crippen LogP contribution in [-0.4, -0.2) is 22.0 Å². The molecule has 0 saturated heterocycles. The van der Waals surface area contributed by atoms with Gasteiger partial charge in [-0.05, 0) is 18.4 Å². The van der Waals surface area contributed by atoms with Crippen LogP contribution in [0.1, 0.15) is 37.6 Å². The van der Waals surface area contributed by atoms with E-state index in [1.54, 1.807) is 0 Å². The van der Waals surface area contributed by atoms with Gasteiger partial charge in [-0.1, -0.05) is 20.8 Å². The highest BCUT2D eigenvalue weighted by Crippen LogP contribution is 2.27. The summed E-state index contributed by atoms with van der Waals surface area (Å²) in [5, 5.41) is 22.6. The van der Waals surface area contributed by atoms with Gasteiger partial charge in [0.2, 0.25) is 0 Å². The molecule has 6 nitrogen and oxygen atoms in total. The Morgan fingerprint density at radius 1 is 1.50 bits per heavy atom. The lowest BCUT2D eigenvalue weighted by Crippen LogP contribution is -2.25. The van der Waals surface area contributed by atoms with Gasteiger partial charge in [-0.15, -0.1) is 0 Å². The second-order valence-corrected chi connectivity index (χ2v) is 4.81. The smallest absolute Gasteiger partial charge is 0.342 e. The van der Waals surface area contributed by atoms with Crippen molar-refractivity contribution >= 4 is 17.3 Å². The van der Waals surface area contributed by atoms with Crippen molar-refractivity contribution in [1.29, 1.82) is 0 Å². The summed E-state index contributed by atoms with van der Waals surface area (Å²) in [6.07, 6.45) is 0.719. The maximum Gasteiger partial charge on any atom is 0.342 e. The Morgan fingerprint density at radius 2 is 2.10 bits per heavy atom. The van der Waals surface area contributed by atoms with Crippen LogP contribution < -0.4 is 5.32 Å². The molecule has 0 bridgehead atoms. The fourth-order valence-electron chi connectivity index (χ4n) is 1.94. The Hall–Kier alpha value is -2.18. The number of carboxylic acid groups (broad SMARTS) is 1. The molecular formula is C13H17FN2O4.